The van der Waals surface area contributed by atoms with Crippen molar-refractivity contribution < 1.29 is 0 Å². The van der Waals surface area contributed by atoms with Gasteiger partial charge in [-0.3, -0.25) is 0 Å². The Kier molecular flexibility index (Phi) is 5.82. The van der Waals surface area contributed by atoms with Crippen LogP contribution in [0.15, 0.2) is 0 Å². The average Bonchev–Trinajstić information content (AvgIpc) is 2.48. The SMILES string of the molecule is CC(C)CC(CC(C)C)NC1CCC(C)C1. The lowest BCUT2D eigenvalue weighted by Gasteiger charge is -2.26. The maximum Gasteiger partial charge on any atom is 0.00745 e. The molecule has 2 atom stereocenters. The fraction of sp³-hybridized carbons (Fsp3) is 1.00. The van der Waals surface area contributed by atoms with Gasteiger partial charge in [0.2, 0.25) is 0 Å². The van der Waals surface area contributed by atoms with Crippen LogP contribution in [0.3, 0.4) is 0 Å². The molecule has 1 saturated carbocycles. The second-order valence-corrected chi connectivity index (χ2v) is 6.74. The van der Waals surface area contributed by atoms with Gasteiger partial charge in [0.1, 0.15) is 0 Å². The lowest BCUT2D eigenvalue weighted by Crippen LogP contribution is -2.38. The average molecular weight is 225 g/mol. The van der Waals surface area contributed by atoms with Crippen LogP contribution in [-0.2, 0) is 0 Å². The van der Waals surface area contributed by atoms with Gasteiger partial charge in [0.15, 0.2) is 0 Å². The minimum absolute atomic E-state index is 0.746. The molecule has 0 amide bonds. The van der Waals surface area contributed by atoms with E-state index in [0.717, 1.165) is 29.8 Å². The van der Waals surface area contributed by atoms with E-state index in [1.165, 1.54) is 32.1 Å². The molecule has 0 radical (unpaired) electrons. The van der Waals surface area contributed by atoms with Gasteiger partial charge in [0, 0.05) is 12.1 Å². The molecule has 1 aliphatic rings. The Hall–Kier alpha value is -0.0400. The van der Waals surface area contributed by atoms with E-state index < -0.39 is 0 Å². The van der Waals surface area contributed by atoms with Gasteiger partial charge in [-0.2, -0.15) is 0 Å². The van der Waals surface area contributed by atoms with Crippen molar-refractivity contribution in [3.63, 3.8) is 0 Å². The Morgan fingerprint density at radius 2 is 1.56 bits per heavy atom. The Labute approximate surface area is 102 Å². The molecule has 0 spiro atoms. The van der Waals surface area contributed by atoms with Crippen molar-refractivity contribution >= 4 is 0 Å². The first-order chi connectivity index (χ1) is 7.47. The molecule has 0 aromatic carbocycles. The van der Waals surface area contributed by atoms with E-state index in [1.807, 2.05) is 0 Å². The topological polar surface area (TPSA) is 12.0 Å². The van der Waals surface area contributed by atoms with Crippen LogP contribution in [0.25, 0.3) is 0 Å². The summed E-state index contributed by atoms with van der Waals surface area (Å²) in [4.78, 5) is 0. The number of hydrogen-bond donors (Lipinski definition) is 1. The molecule has 0 aromatic rings. The first kappa shape index (κ1) is 14.0. The van der Waals surface area contributed by atoms with Crippen molar-refractivity contribution in [3.05, 3.63) is 0 Å². The van der Waals surface area contributed by atoms with Crippen LogP contribution in [0.1, 0.15) is 66.7 Å². The van der Waals surface area contributed by atoms with Crippen LogP contribution in [0.4, 0.5) is 0 Å². The van der Waals surface area contributed by atoms with E-state index in [1.54, 1.807) is 0 Å². The Morgan fingerprint density at radius 3 is 1.94 bits per heavy atom. The zero-order valence-corrected chi connectivity index (χ0v) is 11.9. The van der Waals surface area contributed by atoms with Crippen molar-refractivity contribution in [2.75, 3.05) is 0 Å². The van der Waals surface area contributed by atoms with E-state index in [2.05, 4.69) is 39.9 Å². The Morgan fingerprint density at radius 1 is 1.00 bits per heavy atom. The zero-order chi connectivity index (χ0) is 12.1. The van der Waals surface area contributed by atoms with Crippen molar-refractivity contribution in [1.29, 1.82) is 0 Å². The summed E-state index contributed by atoms with van der Waals surface area (Å²) >= 11 is 0. The minimum atomic E-state index is 0.746. The van der Waals surface area contributed by atoms with E-state index in [9.17, 15) is 0 Å². The normalized spacial score (nSPS) is 26.2. The predicted molar refractivity (Wildman–Crippen MR) is 72.6 cm³/mol. The molecular weight excluding hydrogens is 194 g/mol. The van der Waals surface area contributed by atoms with Crippen molar-refractivity contribution in [2.24, 2.45) is 17.8 Å². The number of hydrogen-bond acceptors (Lipinski definition) is 1. The molecule has 0 heterocycles. The second kappa shape index (κ2) is 6.64. The maximum absolute atomic E-state index is 3.91. The van der Waals surface area contributed by atoms with E-state index in [4.69, 9.17) is 0 Å². The highest BCUT2D eigenvalue weighted by molar-refractivity contribution is 4.82. The maximum atomic E-state index is 3.91. The molecule has 1 N–H and O–H groups in total. The number of nitrogens with one attached hydrogen (secondary N) is 1. The summed E-state index contributed by atoms with van der Waals surface area (Å²) in [6.07, 6.45) is 6.89. The molecule has 2 unspecified atom stereocenters. The zero-order valence-electron chi connectivity index (χ0n) is 11.9. The van der Waals surface area contributed by atoms with Crippen molar-refractivity contribution in [3.8, 4) is 0 Å². The quantitative estimate of drug-likeness (QED) is 0.713. The van der Waals surface area contributed by atoms with Gasteiger partial charge in [-0.05, 0) is 49.9 Å². The molecule has 0 aromatic heterocycles. The summed E-state index contributed by atoms with van der Waals surface area (Å²) in [5.41, 5.74) is 0. The summed E-state index contributed by atoms with van der Waals surface area (Å²) < 4.78 is 0. The molecule has 0 saturated heterocycles. The lowest BCUT2D eigenvalue weighted by atomic mass is 9.94. The van der Waals surface area contributed by atoms with Crippen molar-refractivity contribution in [2.45, 2.75) is 78.8 Å². The monoisotopic (exact) mass is 225 g/mol. The van der Waals surface area contributed by atoms with Gasteiger partial charge in [-0.25, -0.2) is 0 Å². The Bertz CT molecular complexity index is 176. The van der Waals surface area contributed by atoms with Gasteiger partial charge >= 0.3 is 0 Å². The van der Waals surface area contributed by atoms with Crippen LogP contribution in [0.2, 0.25) is 0 Å². The lowest BCUT2D eigenvalue weighted by molar-refractivity contribution is 0.324. The standard InChI is InChI=1S/C15H31N/c1-11(2)8-15(9-12(3)4)16-14-7-6-13(5)10-14/h11-16H,6-10H2,1-5H3. The molecule has 1 heteroatoms. The minimum Gasteiger partial charge on any atom is -0.311 e. The molecule has 0 bridgehead atoms. The highest BCUT2D eigenvalue weighted by atomic mass is 15.0. The summed E-state index contributed by atoms with van der Waals surface area (Å²) in [7, 11) is 0. The van der Waals surface area contributed by atoms with Gasteiger partial charge in [0.05, 0.1) is 0 Å². The molecule has 1 fully saturated rings. The van der Waals surface area contributed by atoms with Crippen LogP contribution in [0.5, 0.6) is 0 Å². The number of rotatable bonds is 6. The smallest absolute Gasteiger partial charge is 0.00745 e. The third kappa shape index (κ3) is 5.34. The molecule has 16 heavy (non-hydrogen) atoms. The molecule has 96 valence electrons. The van der Waals surface area contributed by atoms with Gasteiger partial charge in [0.25, 0.3) is 0 Å². The van der Waals surface area contributed by atoms with Crippen LogP contribution in [-0.4, -0.2) is 12.1 Å². The summed E-state index contributed by atoms with van der Waals surface area (Å²) in [6.45, 7) is 11.7. The third-order valence-corrected chi connectivity index (χ3v) is 3.68. The first-order valence-electron chi connectivity index (χ1n) is 7.23. The summed E-state index contributed by atoms with van der Waals surface area (Å²) in [5, 5.41) is 3.91. The molecule has 1 aliphatic carbocycles. The molecule has 1 nitrogen and oxygen atoms in total. The van der Waals surface area contributed by atoms with E-state index in [-0.39, 0.29) is 0 Å². The summed E-state index contributed by atoms with van der Waals surface area (Å²) in [6, 6.07) is 1.55. The molecule has 1 rings (SSSR count). The van der Waals surface area contributed by atoms with Gasteiger partial charge < -0.3 is 5.32 Å². The van der Waals surface area contributed by atoms with Gasteiger partial charge in [-0.15, -0.1) is 0 Å². The highest BCUT2D eigenvalue weighted by Gasteiger charge is 2.24. The third-order valence-electron chi connectivity index (χ3n) is 3.68. The van der Waals surface area contributed by atoms with Crippen LogP contribution in [0, 0.1) is 17.8 Å². The van der Waals surface area contributed by atoms with E-state index >= 15 is 0 Å². The van der Waals surface area contributed by atoms with Crippen molar-refractivity contribution in [1.82, 2.24) is 5.32 Å². The summed E-state index contributed by atoms with van der Waals surface area (Å²) in [5.74, 6) is 2.57. The van der Waals surface area contributed by atoms with E-state index in [0.29, 0.717) is 0 Å². The van der Waals surface area contributed by atoms with Crippen LogP contribution >= 0.6 is 0 Å². The molecule has 0 aliphatic heterocycles. The highest BCUT2D eigenvalue weighted by Crippen LogP contribution is 2.26. The first-order valence-corrected chi connectivity index (χ1v) is 7.23. The largest absolute Gasteiger partial charge is 0.311 e. The fourth-order valence-corrected chi connectivity index (χ4v) is 3.06. The van der Waals surface area contributed by atoms with Crippen LogP contribution < -0.4 is 5.32 Å². The van der Waals surface area contributed by atoms with Gasteiger partial charge in [-0.1, -0.05) is 34.6 Å². The second-order valence-electron chi connectivity index (χ2n) is 6.74. The Balaban J connectivity index is 2.36. The molecular formula is C15H31N. The predicted octanol–water partition coefficient (Wildman–Crippen LogP) is 4.23. The fourth-order valence-electron chi connectivity index (χ4n) is 3.06.